The SMILES string of the molecule is [C-]#[N+]c1ccc(-n2cc(CCNC(=O)OC(C)(C)C)cn2)c(Oc2cnnc(N3CCCC3)c2)c1. The average molecular weight is 476 g/mol. The average Bonchev–Trinajstić information content (AvgIpc) is 3.51. The third-order valence-corrected chi connectivity index (χ3v) is 5.31. The van der Waals surface area contributed by atoms with Crippen molar-refractivity contribution < 1.29 is 14.3 Å². The molecule has 0 aliphatic carbocycles. The molecule has 3 aromatic rings. The molecule has 10 nitrogen and oxygen atoms in total. The minimum Gasteiger partial charge on any atom is -0.455 e. The monoisotopic (exact) mass is 475 g/mol. The molecule has 10 heteroatoms. The van der Waals surface area contributed by atoms with Crippen LogP contribution in [0.5, 0.6) is 11.5 Å². The second kappa shape index (κ2) is 10.4. The first-order chi connectivity index (χ1) is 16.8. The van der Waals surface area contributed by atoms with Crippen LogP contribution in [0.1, 0.15) is 39.2 Å². The summed E-state index contributed by atoms with van der Waals surface area (Å²) in [4.78, 5) is 17.6. The Kier molecular flexibility index (Phi) is 7.15. The zero-order valence-corrected chi connectivity index (χ0v) is 20.2. The molecule has 0 radical (unpaired) electrons. The summed E-state index contributed by atoms with van der Waals surface area (Å²) < 4.78 is 13.1. The van der Waals surface area contributed by atoms with Crippen LogP contribution in [0.3, 0.4) is 0 Å². The fourth-order valence-electron chi connectivity index (χ4n) is 3.71. The maximum atomic E-state index is 11.9. The number of aromatic nitrogens is 4. The Hall–Kier alpha value is -4.13. The molecule has 1 aromatic carbocycles. The van der Waals surface area contributed by atoms with Gasteiger partial charge in [0.25, 0.3) is 0 Å². The number of nitrogens with one attached hydrogen (secondary N) is 1. The van der Waals surface area contributed by atoms with E-state index in [2.05, 4.69) is 30.4 Å². The molecule has 182 valence electrons. The molecule has 2 aromatic heterocycles. The van der Waals surface area contributed by atoms with Gasteiger partial charge in [-0.25, -0.2) is 14.3 Å². The van der Waals surface area contributed by atoms with Crippen molar-refractivity contribution >= 4 is 17.6 Å². The van der Waals surface area contributed by atoms with E-state index in [9.17, 15) is 4.79 Å². The van der Waals surface area contributed by atoms with Crippen LogP contribution >= 0.6 is 0 Å². The minimum atomic E-state index is -0.539. The molecular weight excluding hydrogens is 446 g/mol. The molecule has 3 heterocycles. The zero-order chi connectivity index (χ0) is 24.8. The van der Waals surface area contributed by atoms with Gasteiger partial charge in [0, 0.05) is 31.9 Å². The summed E-state index contributed by atoms with van der Waals surface area (Å²) in [5, 5.41) is 15.5. The Morgan fingerprint density at radius 1 is 1.20 bits per heavy atom. The van der Waals surface area contributed by atoms with Gasteiger partial charge in [0.15, 0.2) is 17.3 Å². The van der Waals surface area contributed by atoms with Crippen LogP contribution in [0.25, 0.3) is 10.5 Å². The molecule has 1 aliphatic heterocycles. The van der Waals surface area contributed by atoms with Gasteiger partial charge < -0.3 is 19.7 Å². The van der Waals surface area contributed by atoms with Gasteiger partial charge in [0.2, 0.25) is 0 Å². The first kappa shape index (κ1) is 24.0. The van der Waals surface area contributed by atoms with Crippen molar-refractivity contribution in [2.24, 2.45) is 0 Å². The first-order valence-corrected chi connectivity index (χ1v) is 11.6. The predicted molar refractivity (Wildman–Crippen MR) is 131 cm³/mol. The number of carbonyl (C=O) groups is 1. The van der Waals surface area contributed by atoms with E-state index in [0.29, 0.717) is 35.8 Å². The molecule has 1 N–H and O–H groups in total. The highest BCUT2D eigenvalue weighted by molar-refractivity contribution is 5.67. The molecule has 4 rings (SSSR count). The second-order valence-electron chi connectivity index (χ2n) is 9.28. The normalized spacial score (nSPS) is 13.4. The van der Waals surface area contributed by atoms with Crippen LogP contribution in [0.15, 0.2) is 42.9 Å². The lowest BCUT2D eigenvalue weighted by atomic mass is 10.2. The highest BCUT2D eigenvalue weighted by Gasteiger charge is 2.17. The Labute approximate surface area is 204 Å². The number of hydrogen-bond donors (Lipinski definition) is 1. The van der Waals surface area contributed by atoms with Gasteiger partial charge in [0.05, 0.1) is 19.0 Å². The Balaban J connectivity index is 1.48. The molecule has 35 heavy (non-hydrogen) atoms. The summed E-state index contributed by atoms with van der Waals surface area (Å²) in [6, 6.07) is 7.07. The van der Waals surface area contributed by atoms with Crippen molar-refractivity contribution in [1.29, 1.82) is 0 Å². The van der Waals surface area contributed by atoms with Crippen LogP contribution < -0.4 is 15.0 Å². The topological polar surface area (TPSA) is 98.8 Å². The van der Waals surface area contributed by atoms with E-state index >= 15 is 0 Å². The number of hydrogen-bond acceptors (Lipinski definition) is 7. The largest absolute Gasteiger partial charge is 0.455 e. The molecule has 1 fully saturated rings. The summed E-state index contributed by atoms with van der Waals surface area (Å²) in [5.74, 6) is 1.81. The van der Waals surface area contributed by atoms with Gasteiger partial charge in [-0.05, 0) is 57.7 Å². The highest BCUT2D eigenvalue weighted by Crippen LogP contribution is 2.33. The Bertz CT molecular complexity index is 1220. The smallest absolute Gasteiger partial charge is 0.407 e. The molecular formula is C25H29N7O3. The number of alkyl carbamates (subject to hydrolysis) is 1. The lowest BCUT2D eigenvalue weighted by Gasteiger charge is -2.19. The molecule has 1 aliphatic rings. The molecule has 1 amide bonds. The Morgan fingerprint density at radius 2 is 2.00 bits per heavy atom. The third kappa shape index (κ3) is 6.47. The molecule has 1 saturated heterocycles. The van der Waals surface area contributed by atoms with Crippen molar-refractivity contribution in [3.8, 4) is 17.2 Å². The number of rotatable bonds is 7. The zero-order valence-electron chi connectivity index (χ0n) is 20.2. The summed E-state index contributed by atoms with van der Waals surface area (Å²) in [7, 11) is 0. The summed E-state index contributed by atoms with van der Waals surface area (Å²) >= 11 is 0. The maximum Gasteiger partial charge on any atom is 0.407 e. The van der Waals surface area contributed by atoms with E-state index in [-0.39, 0.29) is 0 Å². The fourth-order valence-corrected chi connectivity index (χ4v) is 3.71. The lowest BCUT2D eigenvalue weighted by molar-refractivity contribution is 0.0528. The van der Waals surface area contributed by atoms with Gasteiger partial charge in [-0.1, -0.05) is 6.07 Å². The second-order valence-corrected chi connectivity index (χ2v) is 9.28. The van der Waals surface area contributed by atoms with E-state index in [4.69, 9.17) is 16.0 Å². The van der Waals surface area contributed by atoms with E-state index < -0.39 is 11.7 Å². The van der Waals surface area contributed by atoms with Crippen molar-refractivity contribution in [2.45, 2.75) is 45.6 Å². The molecule has 0 unspecified atom stereocenters. The van der Waals surface area contributed by atoms with Crippen molar-refractivity contribution in [1.82, 2.24) is 25.3 Å². The quantitative estimate of drug-likeness (QED) is 0.496. The van der Waals surface area contributed by atoms with Crippen LogP contribution in [-0.2, 0) is 11.2 Å². The Morgan fingerprint density at radius 3 is 2.74 bits per heavy atom. The fraction of sp³-hybridized carbons (Fsp3) is 0.400. The van der Waals surface area contributed by atoms with Crippen LogP contribution in [-0.4, -0.2) is 51.3 Å². The summed E-state index contributed by atoms with van der Waals surface area (Å²) in [5.41, 5.74) is 1.54. The number of benzene rings is 1. The summed E-state index contributed by atoms with van der Waals surface area (Å²) in [6.45, 7) is 15.2. The molecule has 0 saturated carbocycles. The number of nitrogens with zero attached hydrogens (tertiary/aromatic N) is 6. The number of amides is 1. The van der Waals surface area contributed by atoms with E-state index in [0.717, 1.165) is 37.3 Å². The predicted octanol–water partition coefficient (Wildman–Crippen LogP) is 4.67. The maximum absolute atomic E-state index is 11.9. The molecule has 0 spiro atoms. The third-order valence-electron chi connectivity index (χ3n) is 5.31. The van der Waals surface area contributed by atoms with Gasteiger partial charge in [-0.3, -0.25) is 0 Å². The number of carbonyl (C=O) groups excluding carboxylic acids is 1. The van der Waals surface area contributed by atoms with Crippen molar-refractivity contribution in [2.75, 3.05) is 24.5 Å². The van der Waals surface area contributed by atoms with Crippen molar-refractivity contribution in [3.63, 3.8) is 0 Å². The van der Waals surface area contributed by atoms with Gasteiger partial charge in [0.1, 0.15) is 17.0 Å². The van der Waals surface area contributed by atoms with Crippen LogP contribution in [0, 0.1) is 6.57 Å². The lowest BCUT2D eigenvalue weighted by Crippen LogP contribution is -2.33. The van der Waals surface area contributed by atoms with E-state index in [1.54, 1.807) is 35.3 Å². The first-order valence-electron chi connectivity index (χ1n) is 11.6. The van der Waals surface area contributed by atoms with Gasteiger partial charge in [-0.2, -0.15) is 10.2 Å². The minimum absolute atomic E-state index is 0.419. The van der Waals surface area contributed by atoms with Crippen molar-refractivity contribution in [3.05, 3.63) is 59.8 Å². The standard InChI is InChI=1S/C25H29N7O3/c1-25(2,3)35-24(33)27-10-9-18-15-29-32(17-18)21-8-7-19(26-4)13-22(21)34-20-14-23(30-28-16-20)31-11-5-6-12-31/h7-8,13-17H,5-6,9-12H2,1-3H3,(H,27,33). The van der Waals surface area contributed by atoms with E-state index in [1.807, 2.05) is 33.0 Å². The molecule has 0 atom stereocenters. The molecule has 0 bridgehead atoms. The number of anilines is 1. The number of ether oxygens (including phenoxy) is 2. The van der Waals surface area contributed by atoms with Crippen LogP contribution in [0.2, 0.25) is 0 Å². The van der Waals surface area contributed by atoms with Gasteiger partial charge >= 0.3 is 6.09 Å². The van der Waals surface area contributed by atoms with Gasteiger partial charge in [-0.15, -0.1) is 5.10 Å². The van der Waals surface area contributed by atoms with Crippen LogP contribution in [0.4, 0.5) is 16.3 Å². The highest BCUT2D eigenvalue weighted by atomic mass is 16.6. The summed E-state index contributed by atoms with van der Waals surface area (Å²) in [6.07, 6.45) is 7.58. The van der Waals surface area contributed by atoms with E-state index in [1.165, 1.54) is 0 Å².